The third-order valence-electron chi connectivity index (χ3n) is 3.05. The lowest BCUT2D eigenvalue weighted by Gasteiger charge is -2.32. The molecule has 0 saturated carbocycles. The number of piperidine rings is 1. The molecule has 3 nitrogen and oxygen atoms in total. The SMILES string of the molecule is CC1CCN(c2ccc(Br)c(F)c2)CC1.O=C=O. The maximum atomic E-state index is 13.3. The maximum Gasteiger partial charge on any atom is 0.373 e. The molecule has 0 amide bonds. The number of anilines is 1. The lowest BCUT2D eigenvalue weighted by atomic mass is 9.99. The molecule has 1 aromatic carbocycles. The maximum absolute atomic E-state index is 13.3. The topological polar surface area (TPSA) is 37.4 Å². The van der Waals surface area contributed by atoms with Gasteiger partial charge in [-0.1, -0.05) is 6.92 Å². The molecular formula is C13H15BrFNO2. The van der Waals surface area contributed by atoms with Crippen LogP contribution in [0.25, 0.3) is 0 Å². The van der Waals surface area contributed by atoms with Crippen LogP contribution in [0.15, 0.2) is 22.7 Å². The third kappa shape index (κ3) is 4.24. The summed E-state index contributed by atoms with van der Waals surface area (Å²) in [5.41, 5.74) is 1.00. The minimum atomic E-state index is -0.175. The van der Waals surface area contributed by atoms with Crippen LogP contribution in [0.4, 0.5) is 10.1 Å². The van der Waals surface area contributed by atoms with E-state index in [1.807, 2.05) is 6.07 Å². The van der Waals surface area contributed by atoms with Crippen molar-refractivity contribution in [2.45, 2.75) is 19.8 Å². The van der Waals surface area contributed by atoms with Gasteiger partial charge in [-0.15, -0.1) is 0 Å². The van der Waals surface area contributed by atoms with E-state index >= 15 is 0 Å². The molecule has 1 aromatic rings. The highest BCUT2D eigenvalue weighted by Gasteiger charge is 2.16. The second-order valence-electron chi connectivity index (χ2n) is 4.35. The molecule has 0 bridgehead atoms. The minimum Gasteiger partial charge on any atom is -0.371 e. The lowest BCUT2D eigenvalue weighted by molar-refractivity contribution is -0.191. The van der Waals surface area contributed by atoms with Crippen LogP contribution in [0.1, 0.15) is 19.8 Å². The quantitative estimate of drug-likeness (QED) is 0.798. The molecule has 2 rings (SSSR count). The highest BCUT2D eigenvalue weighted by atomic mass is 79.9. The Morgan fingerprint density at radius 2 is 1.89 bits per heavy atom. The molecule has 98 valence electrons. The van der Waals surface area contributed by atoms with Crippen LogP contribution in [0, 0.1) is 11.7 Å². The zero-order chi connectivity index (χ0) is 13.5. The Balaban J connectivity index is 0.000000492. The molecule has 1 aliphatic rings. The first-order valence-corrected chi connectivity index (χ1v) is 6.57. The van der Waals surface area contributed by atoms with Crippen LogP contribution in [0.5, 0.6) is 0 Å². The molecule has 0 unspecified atom stereocenters. The summed E-state index contributed by atoms with van der Waals surface area (Å²) in [7, 11) is 0. The Labute approximate surface area is 114 Å². The van der Waals surface area contributed by atoms with Gasteiger partial charge in [-0.25, -0.2) is 4.39 Å². The van der Waals surface area contributed by atoms with Crippen molar-refractivity contribution in [1.29, 1.82) is 0 Å². The van der Waals surface area contributed by atoms with E-state index in [2.05, 4.69) is 27.8 Å². The van der Waals surface area contributed by atoms with E-state index in [-0.39, 0.29) is 12.0 Å². The van der Waals surface area contributed by atoms with E-state index in [0.29, 0.717) is 4.47 Å². The van der Waals surface area contributed by atoms with E-state index in [0.717, 1.165) is 24.7 Å². The summed E-state index contributed by atoms with van der Waals surface area (Å²) >= 11 is 3.17. The summed E-state index contributed by atoms with van der Waals surface area (Å²) in [5, 5.41) is 0. The van der Waals surface area contributed by atoms with Crippen LogP contribution in [-0.2, 0) is 9.59 Å². The predicted molar refractivity (Wildman–Crippen MR) is 69.7 cm³/mol. The second kappa shape index (κ2) is 7.29. The van der Waals surface area contributed by atoms with Crippen molar-refractivity contribution < 1.29 is 14.0 Å². The third-order valence-corrected chi connectivity index (χ3v) is 3.70. The zero-order valence-corrected chi connectivity index (χ0v) is 11.7. The van der Waals surface area contributed by atoms with Crippen molar-refractivity contribution in [3.63, 3.8) is 0 Å². The first-order chi connectivity index (χ1) is 8.58. The number of rotatable bonds is 1. The van der Waals surface area contributed by atoms with E-state index < -0.39 is 0 Å². The molecule has 0 spiro atoms. The largest absolute Gasteiger partial charge is 0.373 e. The van der Waals surface area contributed by atoms with Crippen LogP contribution in [0.3, 0.4) is 0 Å². The smallest absolute Gasteiger partial charge is 0.371 e. The van der Waals surface area contributed by atoms with Crippen molar-refractivity contribution in [3.8, 4) is 0 Å². The number of hydrogen-bond acceptors (Lipinski definition) is 3. The highest BCUT2D eigenvalue weighted by Crippen LogP contribution is 2.26. The van der Waals surface area contributed by atoms with Gasteiger partial charge in [-0.05, 0) is 52.9 Å². The fraction of sp³-hybridized carbons (Fsp3) is 0.462. The Morgan fingerprint density at radius 1 is 1.33 bits per heavy atom. The van der Waals surface area contributed by atoms with Crippen molar-refractivity contribution in [1.82, 2.24) is 0 Å². The Kier molecular flexibility index (Phi) is 6.02. The first-order valence-electron chi connectivity index (χ1n) is 5.77. The van der Waals surface area contributed by atoms with Gasteiger partial charge in [0.25, 0.3) is 0 Å². The molecule has 5 heteroatoms. The van der Waals surface area contributed by atoms with E-state index in [4.69, 9.17) is 9.59 Å². The highest BCUT2D eigenvalue weighted by molar-refractivity contribution is 9.10. The monoisotopic (exact) mass is 315 g/mol. The van der Waals surface area contributed by atoms with E-state index in [9.17, 15) is 4.39 Å². The van der Waals surface area contributed by atoms with Crippen molar-refractivity contribution in [2.24, 2.45) is 5.92 Å². The molecule has 1 fully saturated rings. The number of halogens is 2. The normalized spacial score (nSPS) is 15.6. The summed E-state index contributed by atoms with van der Waals surface area (Å²) < 4.78 is 13.9. The van der Waals surface area contributed by atoms with Crippen molar-refractivity contribution in [3.05, 3.63) is 28.5 Å². The van der Waals surface area contributed by atoms with Gasteiger partial charge < -0.3 is 4.90 Å². The summed E-state index contributed by atoms with van der Waals surface area (Å²) in [6.45, 7) is 4.37. The average Bonchev–Trinajstić information content (AvgIpc) is 2.35. The van der Waals surface area contributed by atoms with E-state index in [1.54, 1.807) is 12.1 Å². The van der Waals surface area contributed by atoms with Gasteiger partial charge in [-0.2, -0.15) is 9.59 Å². The van der Waals surface area contributed by atoms with Gasteiger partial charge >= 0.3 is 6.15 Å². The molecule has 18 heavy (non-hydrogen) atoms. The average molecular weight is 316 g/mol. The molecule has 0 radical (unpaired) electrons. The molecule has 0 aromatic heterocycles. The van der Waals surface area contributed by atoms with Crippen LogP contribution < -0.4 is 4.90 Å². The Hall–Kier alpha value is -1.19. The Morgan fingerprint density at radius 3 is 2.39 bits per heavy atom. The molecule has 1 heterocycles. The predicted octanol–water partition coefficient (Wildman–Crippen LogP) is 3.24. The van der Waals surface area contributed by atoms with Crippen LogP contribution in [-0.4, -0.2) is 19.2 Å². The molecule has 1 saturated heterocycles. The minimum absolute atomic E-state index is 0.175. The number of nitrogens with zero attached hydrogens (tertiary/aromatic N) is 1. The van der Waals surface area contributed by atoms with Crippen LogP contribution >= 0.6 is 15.9 Å². The van der Waals surface area contributed by atoms with Gasteiger partial charge in [0.05, 0.1) is 4.47 Å². The van der Waals surface area contributed by atoms with Crippen LogP contribution in [0.2, 0.25) is 0 Å². The standard InChI is InChI=1S/C12H15BrFN.CO2/c1-9-4-6-15(7-5-9)10-2-3-11(13)12(14)8-10;2-1-3/h2-3,8-9H,4-7H2,1H3;. The zero-order valence-electron chi connectivity index (χ0n) is 10.2. The second-order valence-corrected chi connectivity index (χ2v) is 5.21. The van der Waals surface area contributed by atoms with Gasteiger partial charge in [0, 0.05) is 18.8 Å². The fourth-order valence-corrected chi connectivity index (χ4v) is 2.20. The fourth-order valence-electron chi connectivity index (χ4n) is 1.95. The van der Waals surface area contributed by atoms with Gasteiger partial charge in [0.1, 0.15) is 5.82 Å². The van der Waals surface area contributed by atoms with Gasteiger partial charge in [0.15, 0.2) is 0 Å². The lowest BCUT2D eigenvalue weighted by Crippen LogP contribution is -2.32. The summed E-state index contributed by atoms with van der Waals surface area (Å²) in [6.07, 6.45) is 2.66. The van der Waals surface area contributed by atoms with Crippen molar-refractivity contribution in [2.75, 3.05) is 18.0 Å². The summed E-state index contributed by atoms with van der Waals surface area (Å²) in [4.78, 5) is 18.5. The molecule has 0 atom stereocenters. The molecule has 0 aliphatic carbocycles. The van der Waals surface area contributed by atoms with Crippen molar-refractivity contribution >= 4 is 27.8 Å². The first kappa shape index (κ1) is 14.9. The summed E-state index contributed by atoms with van der Waals surface area (Å²) in [6, 6.07) is 5.37. The number of hydrogen-bond donors (Lipinski definition) is 0. The summed E-state index contributed by atoms with van der Waals surface area (Å²) in [5.74, 6) is 0.632. The number of carbonyl (C=O) groups excluding carboxylic acids is 2. The van der Waals surface area contributed by atoms with Gasteiger partial charge in [-0.3, -0.25) is 0 Å². The molecule has 1 aliphatic heterocycles. The molecule has 0 N–H and O–H groups in total. The van der Waals surface area contributed by atoms with E-state index in [1.165, 1.54) is 12.8 Å². The number of benzene rings is 1. The Bertz CT molecular complexity index is 425. The molecular weight excluding hydrogens is 301 g/mol. The van der Waals surface area contributed by atoms with Gasteiger partial charge in [0.2, 0.25) is 0 Å².